The fourth-order valence-corrected chi connectivity index (χ4v) is 5.58. The molecule has 12 heteroatoms. The van der Waals surface area contributed by atoms with Crippen LogP contribution in [0.25, 0.3) is 11.1 Å². The van der Waals surface area contributed by atoms with Crippen molar-refractivity contribution < 1.29 is 35.1 Å². The first-order valence-corrected chi connectivity index (χ1v) is 17.6. The Bertz CT molecular complexity index is 1490. The second kappa shape index (κ2) is 17.2. The lowest BCUT2D eigenvalue weighted by atomic mass is 10.1. The summed E-state index contributed by atoms with van der Waals surface area (Å²) < 4.78 is 73.5. The molecule has 0 atom stereocenters. The van der Waals surface area contributed by atoms with Crippen LogP contribution in [0.15, 0.2) is 83.1 Å². The first-order valence-electron chi connectivity index (χ1n) is 14.8. The Morgan fingerprint density at radius 2 is 0.909 bits per heavy atom. The predicted octanol–water partition coefficient (Wildman–Crippen LogP) is 4.33. The third kappa shape index (κ3) is 11.6. The standard InChI is InChI=1S/C12H10O6S2.2C10H19N2/c13-19(14,15)11-5-1-9(2-6-11)10-3-7-12(8-4-10)20(16,17)18;2*1-4-5-6-7-10-11(2)8-9-12(10)3/h1-8H,(H,13,14,15)(H,16,17,18);2*8-9H,4-7H2,1-3H3/q;2*+1/p-2. The highest BCUT2D eigenvalue weighted by Crippen LogP contribution is 2.23. The maximum atomic E-state index is 10.8. The molecule has 0 N–H and O–H groups in total. The number of benzene rings is 2. The third-order valence-electron chi connectivity index (χ3n) is 7.28. The lowest BCUT2D eigenvalue weighted by Gasteiger charge is -2.09. The fourth-order valence-electron chi connectivity index (χ4n) is 4.64. The van der Waals surface area contributed by atoms with E-state index in [9.17, 15) is 25.9 Å². The molecule has 0 saturated carbocycles. The number of aryl methyl sites for hydroxylation is 4. The molecule has 2 aromatic carbocycles. The summed E-state index contributed by atoms with van der Waals surface area (Å²) in [5, 5.41) is 0. The maximum Gasteiger partial charge on any atom is 0.255 e. The van der Waals surface area contributed by atoms with E-state index in [1.54, 1.807) is 0 Å². The molecular formula is C32H46N4O6S2. The summed E-state index contributed by atoms with van der Waals surface area (Å²) in [6.07, 6.45) is 18.7. The summed E-state index contributed by atoms with van der Waals surface area (Å²) in [5.74, 6) is 2.84. The van der Waals surface area contributed by atoms with Crippen LogP contribution in [0.2, 0.25) is 0 Å². The second-order valence-electron chi connectivity index (χ2n) is 10.7. The van der Waals surface area contributed by atoms with Gasteiger partial charge in [-0.2, -0.15) is 0 Å². The number of nitrogens with zero attached hydrogens (tertiary/aromatic N) is 4. The molecule has 2 aromatic heterocycles. The van der Waals surface area contributed by atoms with Crippen LogP contribution in [0.4, 0.5) is 0 Å². The highest BCUT2D eigenvalue weighted by molar-refractivity contribution is 7.86. The molecule has 0 aliphatic rings. The lowest BCUT2D eigenvalue weighted by molar-refractivity contribution is -0.678. The molecule has 0 fully saturated rings. The van der Waals surface area contributed by atoms with Gasteiger partial charge in [-0.1, -0.05) is 63.8 Å². The van der Waals surface area contributed by atoms with Crippen LogP contribution in [0.1, 0.15) is 64.0 Å². The Kier molecular flexibility index (Phi) is 14.4. The number of aromatic nitrogens is 4. The molecule has 0 saturated heterocycles. The molecule has 0 unspecified atom stereocenters. The summed E-state index contributed by atoms with van der Waals surface area (Å²) in [7, 11) is -0.547. The largest absolute Gasteiger partial charge is 0.744 e. The minimum absolute atomic E-state index is 0.347. The zero-order valence-corrected chi connectivity index (χ0v) is 28.3. The Morgan fingerprint density at radius 3 is 1.14 bits per heavy atom. The molecule has 0 amide bonds. The van der Waals surface area contributed by atoms with Crippen LogP contribution < -0.4 is 9.13 Å². The van der Waals surface area contributed by atoms with Gasteiger partial charge in [-0.25, -0.2) is 35.1 Å². The highest BCUT2D eigenvalue weighted by Gasteiger charge is 2.10. The minimum Gasteiger partial charge on any atom is -0.744 e. The van der Waals surface area contributed by atoms with Crippen LogP contribution in [-0.4, -0.2) is 35.1 Å². The SMILES string of the molecule is CCCCCc1n(C)cc[n+]1C.CCCCCc1n(C)cc[n+]1C.O=S(=O)([O-])c1ccc(-c2ccc(S(=O)(=O)[O-])cc2)cc1. The number of rotatable bonds is 11. The van der Waals surface area contributed by atoms with Gasteiger partial charge in [0, 0.05) is 12.8 Å². The molecule has 4 aromatic rings. The monoisotopic (exact) mass is 646 g/mol. The van der Waals surface area contributed by atoms with Crippen LogP contribution >= 0.6 is 0 Å². The Hall–Kier alpha value is -3.32. The number of imidazole rings is 2. The Morgan fingerprint density at radius 1 is 0.591 bits per heavy atom. The Labute approximate surface area is 263 Å². The topological polar surface area (TPSA) is 132 Å². The summed E-state index contributed by atoms with van der Waals surface area (Å²) in [6, 6.07) is 10.3. The summed E-state index contributed by atoms with van der Waals surface area (Å²) in [6.45, 7) is 4.48. The van der Waals surface area contributed by atoms with E-state index in [2.05, 4.69) is 85.1 Å². The van der Waals surface area contributed by atoms with Crippen molar-refractivity contribution in [3.8, 4) is 11.1 Å². The maximum absolute atomic E-state index is 10.8. The molecule has 0 radical (unpaired) electrons. The van der Waals surface area contributed by atoms with Crippen LogP contribution in [-0.2, 0) is 61.3 Å². The van der Waals surface area contributed by atoms with E-state index in [0.717, 1.165) is 24.3 Å². The van der Waals surface area contributed by atoms with Crippen molar-refractivity contribution >= 4 is 20.2 Å². The van der Waals surface area contributed by atoms with Gasteiger partial charge in [0.1, 0.15) is 45.0 Å². The van der Waals surface area contributed by atoms with Gasteiger partial charge in [0.15, 0.2) is 0 Å². The number of hydrogen-bond donors (Lipinski definition) is 0. The van der Waals surface area contributed by atoms with E-state index >= 15 is 0 Å². The van der Waals surface area contributed by atoms with E-state index in [-0.39, 0.29) is 9.79 Å². The van der Waals surface area contributed by atoms with Gasteiger partial charge in [-0.15, -0.1) is 0 Å². The normalized spacial score (nSPS) is 11.4. The molecule has 0 aliphatic carbocycles. The average Bonchev–Trinajstić information content (AvgIpc) is 3.48. The molecule has 10 nitrogen and oxygen atoms in total. The molecule has 0 aliphatic heterocycles. The van der Waals surface area contributed by atoms with Crippen molar-refractivity contribution in [1.82, 2.24) is 9.13 Å². The lowest BCUT2D eigenvalue weighted by Crippen LogP contribution is -2.31. The summed E-state index contributed by atoms with van der Waals surface area (Å²) in [5.41, 5.74) is 1.18. The van der Waals surface area contributed by atoms with Gasteiger partial charge < -0.3 is 9.11 Å². The molecule has 4 rings (SSSR count). The van der Waals surface area contributed by atoms with Gasteiger partial charge in [-0.3, -0.25) is 0 Å². The average molecular weight is 647 g/mol. The van der Waals surface area contributed by atoms with Gasteiger partial charge in [0.2, 0.25) is 0 Å². The molecule has 0 bridgehead atoms. The van der Waals surface area contributed by atoms with E-state index in [1.165, 1.54) is 87.3 Å². The molecular weight excluding hydrogens is 601 g/mol. The molecule has 2 heterocycles. The van der Waals surface area contributed by atoms with E-state index in [0.29, 0.717) is 11.1 Å². The molecule has 0 spiro atoms. The third-order valence-corrected chi connectivity index (χ3v) is 8.98. The van der Waals surface area contributed by atoms with Crippen LogP contribution in [0.3, 0.4) is 0 Å². The van der Waals surface area contributed by atoms with Crippen molar-refractivity contribution in [2.24, 2.45) is 28.2 Å². The van der Waals surface area contributed by atoms with E-state index in [4.69, 9.17) is 0 Å². The van der Waals surface area contributed by atoms with Crippen molar-refractivity contribution in [2.45, 2.75) is 75.0 Å². The van der Waals surface area contributed by atoms with Crippen LogP contribution in [0, 0.1) is 0 Å². The number of hydrogen-bond acceptors (Lipinski definition) is 6. The summed E-state index contributed by atoms with van der Waals surface area (Å²) >= 11 is 0. The van der Waals surface area contributed by atoms with Gasteiger partial charge >= 0.3 is 0 Å². The zero-order chi connectivity index (χ0) is 32.9. The van der Waals surface area contributed by atoms with Gasteiger partial charge in [0.05, 0.1) is 38.0 Å². The minimum atomic E-state index is -4.50. The first kappa shape index (κ1) is 36.9. The first-order chi connectivity index (χ1) is 20.7. The summed E-state index contributed by atoms with van der Waals surface area (Å²) in [4.78, 5) is -0.694. The number of unbranched alkanes of at least 4 members (excludes halogenated alkanes) is 4. The fraction of sp³-hybridized carbons (Fsp3) is 0.438. The van der Waals surface area contributed by atoms with Crippen molar-refractivity contribution in [3.63, 3.8) is 0 Å². The predicted molar refractivity (Wildman–Crippen MR) is 167 cm³/mol. The van der Waals surface area contributed by atoms with Crippen molar-refractivity contribution in [3.05, 3.63) is 85.0 Å². The molecule has 44 heavy (non-hydrogen) atoms. The highest BCUT2D eigenvalue weighted by atomic mass is 32.2. The molecule has 242 valence electrons. The Balaban J connectivity index is 0.000000244. The van der Waals surface area contributed by atoms with Crippen molar-refractivity contribution in [2.75, 3.05) is 0 Å². The second-order valence-corrected chi connectivity index (χ2v) is 13.5. The van der Waals surface area contributed by atoms with Gasteiger partial charge in [-0.05, 0) is 48.2 Å². The van der Waals surface area contributed by atoms with Crippen LogP contribution in [0.5, 0.6) is 0 Å². The smallest absolute Gasteiger partial charge is 0.255 e. The zero-order valence-electron chi connectivity index (χ0n) is 26.6. The van der Waals surface area contributed by atoms with Crippen molar-refractivity contribution in [1.29, 1.82) is 0 Å². The van der Waals surface area contributed by atoms with E-state index in [1.807, 2.05) is 0 Å². The van der Waals surface area contributed by atoms with E-state index < -0.39 is 20.2 Å². The quantitative estimate of drug-likeness (QED) is 0.135. The van der Waals surface area contributed by atoms with Gasteiger partial charge in [0.25, 0.3) is 11.6 Å².